The zero-order valence-electron chi connectivity index (χ0n) is 16.1. The van der Waals surface area contributed by atoms with Crippen molar-refractivity contribution < 1.29 is 4.79 Å². The van der Waals surface area contributed by atoms with E-state index in [2.05, 4.69) is 15.0 Å². The largest absolute Gasteiger partial charge is 0.337 e. The number of amides is 1. The molecule has 1 unspecified atom stereocenters. The van der Waals surface area contributed by atoms with E-state index in [0.717, 1.165) is 10.6 Å². The van der Waals surface area contributed by atoms with Gasteiger partial charge in [-0.15, -0.1) is 11.3 Å². The van der Waals surface area contributed by atoms with E-state index in [4.69, 9.17) is 11.6 Å². The fourth-order valence-electron chi connectivity index (χ4n) is 3.76. The molecule has 0 radical (unpaired) electrons. The van der Waals surface area contributed by atoms with E-state index in [-0.39, 0.29) is 11.5 Å². The number of aromatic amines is 1. The van der Waals surface area contributed by atoms with Crippen LogP contribution in [0.3, 0.4) is 0 Å². The van der Waals surface area contributed by atoms with Crippen LogP contribution in [0.2, 0.25) is 5.02 Å². The lowest BCUT2D eigenvalue weighted by Gasteiger charge is -2.26. The van der Waals surface area contributed by atoms with E-state index in [1.165, 1.54) is 15.9 Å². The number of imidazole rings is 1. The number of rotatable bonds is 3. The number of carbonyl (C=O) groups excluding carboxylic acids is 1. The lowest BCUT2D eigenvalue weighted by Crippen LogP contribution is -2.31. The van der Waals surface area contributed by atoms with Crippen molar-refractivity contribution in [1.29, 1.82) is 0 Å². The Morgan fingerprint density at radius 1 is 1.20 bits per heavy atom. The summed E-state index contributed by atoms with van der Waals surface area (Å²) < 4.78 is 1.48. The maximum absolute atomic E-state index is 13.5. The molecule has 4 aromatic rings. The summed E-state index contributed by atoms with van der Waals surface area (Å²) in [7, 11) is 1.68. The van der Waals surface area contributed by atoms with Crippen molar-refractivity contribution in [3.8, 4) is 10.8 Å². The van der Waals surface area contributed by atoms with Crippen LogP contribution in [0.25, 0.3) is 10.8 Å². The molecule has 4 heterocycles. The van der Waals surface area contributed by atoms with Crippen molar-refractivity contribution in [3.63, 3.8) is 0 Å². The lowest BCUT2D eigenvalue weighted by atomic mass is 10.0. The van der Waals surface area contributed by atoms with Crippen LogP contribution in [0, 0.1) is 6.92 Å². The van der Waals surface area contributed by atoms with Crippen LogP contribution in [0.15, 0.2) is 52.9 Å². The lowest BCUT2D eigenvalue weighted by molar-refractivity contribution is 0.0989. The Labute approximate surface area is 180 Å². The van der Waals surface area contributed by atoms with Gasteiger partial charge in [-0.1, -0.05) is 23.7 Å². The van der Waals surface area contributed by atoms with Gasteiger partial charge in [0.05, 0.1) is 11.4 Å². The number of aryl methyl sites for hydroxylation is 2. The Balaban J connectivity index is 1.70. The number of anilines is 1. The first kappa shape index (κ1) is 18.8. The molecule has 0 spiro atoms. The van der Waals surface area contributed by atoms with Crippen molar-refractivity contribution in [2.45, 2.75) is 13.0 Å². The van der Waals surface area contributed by atoms with E-state index in [1.54, 1.807) is 49.5 Å². The highest BCUT2D eigenvalue weighted by Crippen LogP contribution is 2.41. The van der Waals surface area contributed by atoms with Crippen LogP contribution in [0.4, 0.5) is 5.69 Å². The van der Waals surface area contributed by atoms with Crippen LogP contribution in [-0.4, -0.2) is 25.4 Å². The molecule has 30 heavy (non-hydrogen) atoms. The average molecular weight is 438 g/mol. The topological polar surface area (TPSA) is 83.9 Å². The number of nitrogens with zero attached hydrogens (tertiary/aromatic N) is 4. The number of hydrogen-bond acceptors (Lipinski definition) is 5. The molecule has 7 nitrogen and oxygen atoms in total. The SMILES string of the molecule is Cc1cc(N2C(=O)c3nc(-c4nccs4)[nH]c3C2c2ccc(Cl)cc2)cn(C)c1=O. The molecular formula is C21H16ClN5O2S. The van der Waals surface area contributed by atoms with Crippen LogP contribution in [-0.2, 0) is 7.05 Å². The van der Waals surface area contributed by atoms with Crippen LogP contribution >= 0.6 is 22.9 Å². The Morgan fingerprint density at radius 3 is 2.63 bits per heavy atom. The van der Waals surface area contributed by atoms with Gasteiger partial charge in [0, 0.05) is 35.4 Å². The third-order valence-electron chi connectivity index (χ3n) is 5.13. The number of carbonyl (C=O) groups is 1. The van der Waals surface area contributed by atoms with Crippen molar-refractivity contribution in [3.05, 3.63) is 86.0 Å². The third-order valence-corrected chi connectivity index (χ3v) is 6.16. The van der Waals surface area contributed by atoms with Gasteiger partial charge in [-0.05, 0) is 30.7 Å². The summed E-state index contributed by atoms with van der Waals surface area (Å²) in [5.74, 6) is 0.334. The number of halogens is 1. The molecular weight excluding hydrogens is 422 g/mol. The van der Waals surface area contributed by atoms with Gasteiger partial charge in [-0.25, -0.2) is 9.97 Å². The summed E-state index contributed by atoms with van der Waals surface area (Å²) in [4.78, 5) is 39.4. The van der Waals surface area contributed by atoms with Gasteiger partial charge in [0.15, 0.2) is 16.5 Å². The van der Waals surface area contributed by atoms with Crippen LogP contribution in [0.5, 0.6) is 0 Å². The van der Waals surface area contributed by atoms with Crippen LogP contribution in [0.1, 0.15) is 33.4 Å². The summed E-state index contributed by atoms with van der Waals surface area (Å²) in [6.07, 6.45) is 3.37. The van der Waals surface area contributed by atoms with Gasteiger partial charge in [0.25, 0.3) is 11.5 Å². The zero-order valence-corrected chi connectivity index (χ0v) is 17.7. The van der Waals surface area contributed by atoms with Crippen molar-refractivity contribution >= 4 is 34.5 Å². The molecule has 1 N–H and O–H groups in total. The Hall–Kier alpha value is -3.23. The standard InChI is InChI=1S/C21H16ClN5O2S/c1-11-9-14(10-26(2)20(11)28)27-17(12-3-5-13(22)6-4-12)15-16(21(27)29)25-18(24-15)19-23-7-8-30-19/h3-10,17H,1-2H3,(H,24,25). The minimum atomic E-state index is -0.428. The molecule has 150 valence electrons. The number of fused-ring (bicyclic) bond motifs is 1. The second-order valence-corrected chi connectivity index (χ2v) is 8.44. The molecule has 5 rings (SSSR count). The minimum Gasteiger partial charge on any atom is -0.337 e. The summed E-state index contributed by atoms with van der Waals surface area (Å²) >= 11 is 7.54. The fraction of sp³-hybridized carbons (Fsp3) is 0.143. The van der Waals surface area contributed by atoms with Crippen molar-refractivity contribution in [2.24, 2.45) is 7.05 Å². The van der Waals surface area contributed by atoms with E-state index < -0.39 is 6.04 Å². The normalized spacial score (nSPS) is 15.6. The second-order valence-electron chi connectivity index (χ2n) is 7.11. The summed E-state index contributed by atoms with van der Waals surface area (Å²) in [5, 5.41) is 3.19. The molecule has 1 aromatic carbocycles. The molecule has 0 fully saturated rings. The van der Waals surface area contributed by atoms with Crippen LogP contribution < -0.4 is 10.5 Å². The van der Waals surface area contributed by atoms with Gasteiger partial charge in [-0.2, -0.15) is 0 Å². The number of pyridine rings is 1. The monoisotopic (exact) mass is 437 g/mol. The summed E-state index contributed by atoms with van der Waals surface area (Å²) in [6, 6.07) is 8.67. The Kier molecular flexibility index (Phi) is 4.34. The van der Waals surface area contributed by atoms with Gasteiger partial charge in [0.1, 0.15) is 6.04 Å². The highest BCUT2D eigenvalue weighted by Gasteiger charge is 2.42. The van der Waals surface area contributed by atoms with Gasteiger partial charge in [0.2, 0.25) is 0 Å². The summed E-state index contributed by atoms with van der Waals surface area (Å²) in [6.45, 7) is 1.74. The zero-order chi connectivity index (χ0) is 21.0. The maximum Gasteiger partial charge on any atom is 0.279 e. The van der Waals surface area contributed by atoms with E-state index in [0.29, 0.717) is 33.5 Å². The number of aromatic nitrogens is 4. The van der Waals surface area contributed by atoms with Gasteiger partial charge in [-0.3, -0.25) is 14.5 Å². The predicted molar refractivity (Wildman–Crippen MR) is 116 cm³/mol. The molecule has 3 aromatic heterocycles. The smallest absolute Gasteiger partial charge is 0.279 e. The first-order chi connectivity index (χ1) is 14.4. The number of nitrogens with one attached hydrogen (secondary N) is 1. The molecule has 1 amide bonds. The highest BCUT2D eigenvalue weighted by atomic mass is 35.5. The fourth-order valence-corrected chi connectivity index (χ4v) is 4.47. The molecule has 1 aliphatic rings. The summed E-state index contributed by atoms with van der Waals surface area (Å²) in [5.41, 5.74) is 3.01. The number of hydrogen-bond donors (Lipinski definition) is 1. The van der Waals surface area contributed by atoms with Crippen molar-refractivity contribution in [2.75, 3.05) is 4.90 Å². The third kappa shape index (κ3) is 2.88. The molecule has 0 saturated carbocycles. The molecule has 9 heteroatoms. The van der Waals surface area contributed by atoms with E-state index in [1.807, 2.05) is 17.5 Å². The average Bonchev–Trinajstić information content (AvgIpc) is 3.44. The maximum atomic E-state index is 13.5. The predicted octanol–water partition coefficient (Wildman–Crippen LogP) is 3.94. The molecule has 0 aliphatic carbocycles. The van der Waals surface area contributed by atoms with Gasteiger partial charge < -0.3 is 9.55 Å². The molecule has 0 saturated heterocycles. The van der Waals surface area contributed by atoms with E-state index >= 15 is 0 Å². The first-order valence-corrected chi connectivity index (χ1v) is 10.5. The molecule has 0 bridgehead atoms. The minimum absolute atomic E-state index is 0.101. The number of thiazole rings is 1. The number of benzene rings is 1. The number of H-pyrrole nitrogens is 1. The van der Waals surface area contributed by atoms with E-state index in [9.17, 15) is 9.59 Å². The Bertz CT molecular complexity index is 1300. The second kappa shape index (κ2) is 6.93. The molecule has 1 aliphatic heterocycles. The highest BCUT2D eigenvalue weighted by molar-refractivity contribution is 7.13. The molecule has 1 atom stereocenters. The van der Waals surface area contributed by atoms with Crippen molar-refractivity contribution in [1.82, 2.24) is 19.5 Å². The Morgan fingerprint density at radius 2 is 1.97 bits per heavy atom. The quantitative estimate of drug-likeness (QED) is 0.526. The first-order valence-electron chi connectivity index (χ1n) is 9.20. The van der Waals surface area contributed by atoms with Gasteiger partial charge >= 0.3 is 0 Å².